The number of hydrogen-bond acceptors (Lipinski definition) is 0. The van der Waals surface area contributed by atoms with Gasteiger partial charge in [0.25, 0.3) is 0 Å². The molecule has 0 bridgehead atoms. The Morgan fingerprint density at radius 1 is 1.00 bits per heavy atom. The van der Waals surface area contributed by atoms with Gasteiger partial charge in [-0.3, -0.25) is 0 Å². The fourth-order valence-electron chi connectivity index (χ4n) is 5.20. The van der Waals surface area contributed by atoms with E-state index in [0.29, 0.717) is 5.92 Å². The van der Waals surface area contributed by atoms with Crippen molar-refractivity contribution in [2.24, 2.45) is 5.41 Å². The second-order valence-electron chi connectivity index (χ2n) is 7.38. The number of allylic oxidation sites excluding steroid dienone is 5. The maximum absolute atomic E-state index is 4.13. The van der Waals surface area contributed by atoms with Crippen LogP contribution in [0.4, 0.5) is 0 Å². The summed E-state index contributed by atoms with van der Waals surface area (Å²) in [5.41, 5.74) is 8.96. The van der Waals surface area contributed by atoms with E-state index < -0.39 is 0 Å². The van der Waals surface area contributed by atoms with Gasteiger partial charge in [0.2, 0.25) is 0 Å². The van der Waals surface area contributed by atoms with Gasteiger partial charge in [0.05, 0.1) is 0 Å². The van der Waals surface area contributed by atoms with Crippen LogP contribution in [0.1, 0.15) is 50.2 Å². The predicted octanol–water partition coefficient (Wildman–Crippen LogP) is 1.05. The molecule has 0 spiro atoms. The Hall–Kier alpha value is -1.05. The van der Waals surface area contributed by atoms with Crippen LogP contribution in [-0.4, -0.2) is 0 Å². The standard InChI is InChI=1S/C25H26.2ClH.Ti/c1-4-17-25(5-2,23-16-10-11-18(23)3)24-21-14-8-6-12-19(21)20-13-7-9-15-22(20)24;;;/h4,6-15,24H,1,5,16-17H2,2-3H3;2*1H;/q;;;+2/p-2. The van der Waals surface area contributed by atoms with Crippen molar-refractivity contribution < 1.29 is 46.5 Å². The first-order chi connectivity index (χ1) is 12.2. The van der Waals surface area contributed by atoms with E-state index in [1.165, 1.54) is 27.8 Å². The summed E-state index contributed by atoms with van der Waals surface area (Å²) in [4.78, 5) is 0. The van der Waals surface area contributed by atoms with Gasteiger partial charge in [-0.05, 0) is 48.4 Å². The van der Waals surface area contributed by atoms with Crippen LogP contribution in [-0.2, 0) is 21.7 Å². The normalized spacial score (nSPS) is 16.2. The SMILES string of the molecule is C=CCC(CC)(C1=C(C)C=CC1)C1c2ccccc2-c2ccccc21.[Cl-].[Cl-].[Ti+2]. The first-order valence-electron chi connectivity index (χ1n) is 9.39. The van der Waals surface area contributed by atoms with Gasteiger partial charge < -0.3 is 24.8 Å². The first kappa shape index (κ1) is 25.0. The third kappa shape index (κ3) is 3.73. The van der Waals surface area contributed by atoms with E-state index >= 15 is 0 Å². The molecule has 1 unspecified atom stereocenters. The van der Waals surface area contributed by atoms with Gasteiger partial charge in [-0.1, -0.05) is 84.8 Å². The quantitative estimate of drug-likeness (QED) is 0.477. The van der Waals surface area contributed by atoms with Gasteiger partial charge in [-0.2, -0.15) is 0 Å². The molecule has 0 heterocycles. The number of rotatable bonds is 5. The van der Waals surface area contributed by atoms with Crippen molar-refractivity contribution in [3.05, 3.63) is 95.6 Å². The average molecular weight is 445 g/mol. The van der Waals surface area contributed by atoms with E-state index in [-0.39, 0.29) is 51.9 Å². The molecule has 0 N–H and O–H groups in total. The van der Waals surface area contributed by atoms with Crippen LogP contribution in [0.2, 0.25) is 0 Å². The molecule has 2 aliphatic carbocycles. The van der Waals surface area contributed by atoms with Gasteiger partial charge in [-0.15, -0.1) is 6.58 Å². The molecule has 2 aromatic carbocycles. The largest absolute Gasteiger partial charge is 2.00 e. The van der Waals surface area contributed by atoms with Crippen LogP contribution in [0, 0.1) is 5.41 Å². The molecule has 28 heavy (non-hydrogen) atoms. The van der Waals surface area contributed by atoms with Crippen LogP contribution in [0.25, 0.3) is 11.1 Å². The monoisotopic (exact) mass is 444 g/mol. The maximum atomic E-state index is 4.13. The smallest absolute Gasteiger partial charge is 1.00 e. The first-order valence-corrected chi connectivity index (χ1v) is 9.39. The molecule has 4 rings (SSSR count). The molecule has 2 aliphatic rings. The van der Waals surface area contributed by atoms with Crippen LogP contribution < -0.4 is 24.8 Å². The predicted molar refractivity (Wildman–Crippen MR) is 108 cm³/mol. The molecule has 0 saturated heterocycles. The molecule has 1 atom stereocenters. The van der Waals surface area contributed by atoms with E-state index in [4.69, 9.17) is 0 Å². The molecular formula is C25H26Cl2Ti. The fraction of sp³-hybridized carbons (Fsp3) is 0.280. The topological polar surface area (TPSA) is 0 Å². The van der Waals surface area contributed by atoms with Gasteiger partial charge in [0.1, 0.15) is 0 Å². The number of halogens is 2. The summed E-state index contributed by atoms with van der Waals surface area (Å²) in [6.07, 6.45) is 9.98. The number of fused-ring (bicyclic) bond motifs is 3. The summed E-state index contributed by atoms with van der Waals surface area (Å²) in [6.45, 7) is 8.76. The summed E-state index contributed by atoms with van der Waals surface area (Å²) in [7, 11) is 0. The minimum atomic E-state index is 0. The van der Waals surface area contributed by atoms with E-state index in [2.05, 4.69) is 87.2 Å². The van der Waals surface area contributed by atoms with E-state index in [0.717, 1.165) is 19.3 Å². The molecule has 0 aliphatic heterocycles. The minimum absolute atomic E-state index is 0. The Morgan fingerprint density at radius 2 is 1.54 bits per heavy atom. The molecule has 3 heteroatoms. The second-order valence-corrected chi connectivity index (χ2v) is 7.38. The molecule has 0 fully saturated rings. The average Bonchev–Trinajstić information content (AvgIpc) is 3.22. The molecule has 144 valence electrons. The van der Waals surface area contributed by atoms with Crippen molar-refractivity contribution in [1.82, 2.24) is 0 Å². The summed E-state index contributed by atoms with van der Waals surface area (Å²) in [5.74, 6) is 0.410. The molecule has 0 radical (unpaired) electrons. The third-order valence-corrected chi connectivity index (χ3v) is 6.29. The summed E-state index contributed by atoms with van der Waals surface area (Å²) >= 11 is 0. The summed E-state index contributed by atoms with van der Waals surface area (Å²) in [6, 6.07) is 18.0. The molecule has 2 aromatic rings. The number of hydrogen-bond donors (Lipinski definition) is 0. The molecule has 0 saturated carbocycles. The molecule has 0 aromatic heterocycles. The summed E-state index contributed by atoms with van der Waals surface area (Å²) in [5, 5.41) is 0. The third-order valence-electron chi connectivity index (χ3n) is 6.29. The zero-order valence-electron chi connectivity index (χ0n) is 16.5. The Balaban J connectivity index is 0.00000131. The fourth-order valence-corrected chi connectivity index (χ4v) is 5.20. The Morgan fingerprint density at radius 3 is 1.96 bits per heavy atom. The molecular weight excluding hydrogens is 419 g/mol. The van der Waals surface area contributed by atoms with Crippen molar-refractivity contribution in [3.8, 4) is 11.1 Å². The van der Waals surface area contributed by atoms with Crippen LogP contribution in [0.15, 0.2) is 84.5 Å². The van der Waals surface area contributed by atoms with E-state index in [1.807, 2.05) is 0 Å². The molecule has 0 nitrogen and oxygen atoms in total. The maximum Gasteiger partial charge on any atom is 2.00 e. The number of benzene rings is 2. The van der Waals surface area contributed by atoms with Crippen molar-refractivity contribution in [1.29, 1.82) is 0 Å². The van der Waals surface area contributed by atoms with Crippen molar-refractivity contribution in [2.75, 3.05) is 0 Å². The zero-order chi connectivity index (χ0) is 17.4. The summed E-state index contributed by atoms with van der Waals surface area (Å²) < 4.78 is 0. The van der Waals surface area contributed by atoms with Crippen LogP contribution in [0.3, 0.4) is 0 Å². The van der Waals surface area contributed by atoms with Gasteiger partial charge in [0, 0.05) is 11.3 Å². The van der Waals surface area contributed by atoms with Crippen molar-refractivity contribution >= 4 is 0 Å². The van der Waals surface area contributed by atoms with Gasteiger partial charge in [-0.25, -0.2) is 0 Å². The van der Waals surface area contributed by atoms with Crippen LogP contribution >= 0.6 is 0 Å². The Kier molecular flexibility index (Phi) is 9.04. The second kappa shape index (κ2) is 10.1. The van der Waals surface area contributed by atoms with Crippen LogP contribution in [0.5, 0.6) is 0 Å². The van der Waals surface area contributed by atoms with Crippen molar-refractivity contribution in [3.63, 3.8) is 0 Å². The van der Waals surface area contributed by atoms with Gasteiger partial charge in [0.15, 0.2) is 0 Å². The van der Waals surface area contributed by atoms with E-state index in [1.54, 1.807) is 5.57 Å². The molecule has 0 amide bonds. The van der Waals surface area contributed by atoms with Gasteiger partial charge >= 0.3 is 21.7 Å². The van der Waals surface area contributed by atoms with E-state index in [9.17, 15) is 0 Å². The zero-order valence-corrected chi connectivity index (χ0v) is 19.6. The minimum Gasteiger partial charge on any atom is -1.00 e. The van der Waals surface area contributed by atoms with Crippen molar-refractivity contribution in [2.45, 2.75) is 39.0 Å². The Bertz CT molecular complexity index is 851. The Labute approximate surface area is 196 Å².